The van der Waals surface area contributed by atoms with E-state index >= 15 is 0 Å². The lowest BCUT2D eigenvalue weighted by Gasteiger charge is -2.33. The molecule has 0 unspecified atom stereocenters. The van der Waals surface area contributed by atoms with E-state index < -0.39 is 10.0 Å². The van der Waals surface area contributed by atoms with Crippen LogP contribution in [0.1, 0.15) is 30.9 Å². The topological polar surface area (TPSA) is 89.1 Å². The number of aromatic amines is 1. The van der Waals surface area contributed by atoms with Crippen LogP contribution in [0.3, 0.4) is 0 Å². The molecular weight excluding hydrogens is 486 g/mol. The average molecular weight is 516 g/mol. The summed E-state index contributed by atoms with van der Waals surface area (Å²) in [4.78, 5) is 17.4. The third kappa shape index (κ3) is 6.04. The van der Waals surface area contributed by atoms with Gasteiger partial charge in [0.1, 0.15) is 5.03 Å². The van der Waals surface area contributed by atoms with Crippen molar-refractivity contribution >= 4 is 44.6 Å². The van der Waals surface area contributed by atoms with E-state index in [1.165, 1.54) is 4.31 Å². The molecule has 1 amide bonds. The number of nitrogens with zero attached hydrogens (tertiary/aromatic N) is 4. The number of benzene rings is 2. The van der Waals surface area contributed by atoms with Crippen molar-refractivity contribution in [3.63, 3.8) is 0 Å². The van der Waals surface area contributed by atoms with Crippen molar-refractivity contribution in [1.29, 1.82) is 0 Å². The van der Waals surface area contributed by atoms with Crippen LogP contribution in [0, 0.1) is 0 Å². The summed E-state index contributed by atoms with van der Waals surface area (Å²) in [5.41, 5.74) is 2.65. The van der Waals surface area contributed by atoms with Crippen LogP contribution in [-0.4, -0.2) is 73.0 Å². The van der Waals surface area contributed by atoms with Crippen molar-refractivity contribution in [3.8, 4) is 0 Å². The highest BCUT2D eigenvalue weighted by Gasteiger charge is 2.33. The molecule has 0 saturated carbocycles. The molecule has 186 valence electrons. The van der Waals surface area contributed by atoms with Crippen molar-refractivity contribution in [2.45, 2.75) is 31.3 Å². The summed E-state index contributed by atoms with van der Waals surface area (Å²) in [7, 11) is -1.86. The van der Waals surface area contributed by atoms with E-state index in [9.17, 15) is 13.2 Å². The quantitative estimate of drug-likeness (QED) is 0.345. The highest BCUT2D eigenvalue weighted by molar-refractivity contribution is 7.89. The lowest BCUT2D eigenvalue weighted by Crippen LogP contribution is -2.51. The molecule has 0 bridgehead atoms. The van der Waals surface area contributed by atoms with Crippen molar-refractivity contribution in [1.82, 2.24) is 19.2 Å². The molecule has 1 aliphatic heterocycles. The first-order chi connectivity index (χ1) is 16.8. The maximum Gasteiger partial charge on any atom is 0.259 e. The maximum atomic E-state index is 13.1. The number of sulfonamides is 1. The number of piperazine rings is 1. The SMILES string of the molecule is CCCCN(C)/N=C/c1ccc(CN2CCN(S(=O)(=O)c3cc4cc(Cl)ccc4[nH]3)CC2=O)cc1. The molecule has 4 rings (SSSR count). The third-order valence-corrected chi connectivity index (χ3v) is 8.05. The molecule has 1 saturated heterocycles. The zero-order valence-electron chi connectivity index (χ0n) is 19.9. The molecule has 1 aliphatic rings. The van der Waals surface area contributed by atoms with Gasteiger partial charge < -0.3 is 14.9 Å². The molecular formula is C25H30ClN5O3S. The van der Waals surface area contributed by atoms with Gasteiger partial charge in [0.25, 0.3) is 10.0 Å². The van der Waals surface area contributed by atoms with Crippen LogP contribution in [0.15, 0.2) is 58.7 Å². The number of rotatable bonds is 9. The second-order valence-corrected chi connectivity index (χ2v) is 11.1. The van der Waals surface area contributed by atoms with Gasteiger partial charge in [-0.05, 0) is 41.8 Å². The van der Waals surface area contributed by atoms with Gasteiger partial charge >= 0.3 is 0 Å². The number of carbonyl (C=O) groups is 1. The Morgan fingerprint density at radius 1 is 1.14 bits per heavy atom. The Hall–Kier alpha value is -2.88. The van der Waals surface area contributed by atoms with Crippen LogP contribution in [0.25, 0.3) is 10.9 Å². The minimum absolute atomic E-state index is 0.0635. The van der Waals surface area contributed by atoms with Gasteiger partial charge in [0.2, 0.25) is 5.91 Å². The molecule has 1 fully saturated rings. The van der Waals surface area contributed by atoms with Gasteiger partial charge in [-0.25, -0.2) is 8.42 Å². The van der Waals surface area contributed by atoms with E-state index in [0.29, 0.717) is 29.0 Å². The fourth-order valence-electron chi connectivity index (χ4n) is 3.95. The van der Waals surface area contributed by atoms with Gasteiger partial charge in [-0.2, -0.15) is 9.41 Å². The summed E-state index contributed by atoms with van der Waals surface area (Å²) in [6.07, 6.45) is 4.06. The Bertz CT molecular complexity index is 1320. The summed E-state index contributed by atoms with van der Waals surface area (Å²) in [6, 6.07) is 14.6. The minimum atomic E-state index is -3.82. The molecule has 0 spiro atoms. The van der Waals surface area contributed by atoms with Crippen molar-refractivity contribution < 1.29 is 13.2 Å². The molecule has 35 heavy (non-hydrogen) atoms. The highest BCUT2D eigenvalue weighted by atomic mass is 35.5. The monoisotopic (exact) mass is 515 g/mol. The Balaban J connectivity index is 1.36. The highest BCUT2D eigenvalue weighted by Crippen LogP contribution is 2.25. The fraction of sp³-hybridized carbons (Fsp3) is 0.360. The molecule has 0 radical (unpaired) electrons. The molecule has 8 nitrogen and oxygen atoms in total. The van der Waals surface area contributed by atoms with Crippen molar-refractivity contribution in [2.75, 3.05) is 33.2 Å². The molecule has 2 heterocycles. The van der Waals surface area contributed by atoms with Crippen LogP contribution >= 0.6 is 11.6 Å². The second kappa shape index (κ2) is 10.8. The molecule has 10 heteroatoms. The Morgan fingerprint density at radius 3 is 2.63 bits per heavy atom. The van der Waals surface area contributed by atoms with Gasteiger partial charge in [-0.15, -0.1) is 0 Å². The predicted molar refractivity (Wildman–Crippen MR) is 139 cm³/mol. The number of aromatic nitrogens is 1. The van der Waals surface area contributed by atoms with Crippen LogP contribution < -0.4 is 0 Å². The number of unbranched alkanes of at least 4 members (excludes halogenated alkanes) is 1. The van der Waals surface area contributed by atoms with Gasteiger partial charge in [-0.1, -0.05) is 49.2 Å². The van der Waals surface area contributed by atoms with E-state index in [1.54, 1.807) is 29.2 Å². The largest absolute Gasteiger partial charge is 0.345 e. The Morgan fingerprint density at radius 2 is 1.91 bits per heavy atom. The van der Waals surface area contributed by atoms with Gasteiger partial charge in [0.15, 0.2) is 0 Å². The lowest BCUT2D eigenvalue weighted by molar-refractivity contribution is -0.134. The number of hydrogen-bond acceptors (Lipinski definition) is 5. The number of hydrazone groups is 1. The van der Waals surface area contributed by atoms with Crippen LogP contribution in [0.4, 0.5) is 0 Å². The third-order valence-electron chi connectivity index (χ3n) is 6.05. The van der Waals surface area contributed by atoms with Crippen molar-refractivity contribution in [2.24, 2.45) is 5.10 Å². The van der Waals surface area contributed by atoms with Crippen LogP contribution in [-0.2, 0) is 21.4 Å². The fourth-order valence-corrected chi connectivity index (χ4v) is 5.53. The molecule has 1 aromatic heterocycles. The Kier molecular flexibility index (Phi) is 7.78. The van der Waals surface area contributed by atoms with Gasteiger partial charge in [0, 0.05) is 49.2 Å². The zero-order chi connectivity index (χ0) is 25.0. The summed E-state index contributed by atoms with van der Waals surface area (Å²) < 4.78 is 27.5. The zero-order valence-corrected chi connectivity index (χ0v) is 21.5. The van der Waals surface area contributed by atoms with Crippen molar-refractivity contribution in [3.05, 3.63) is 64.7 Å². The number of nitrogens with one attached hydrogen (secondary N) is 1. The summed E-state index contributed by atoms with van der Waals surface area (Å²) in [5.74, 6) is -0.220. The smallest absolute Gasteiger partial charge is 0.259 e. The number of hydrogen-bond donors (Lipinski definition) is 1. The van der Waals surface area contributed by atoms with E-state index in [0.717, 1.165) is 30.5 Å². The van der Waals surface area contributed by atoms with Crippen LogP contribution in [0.2, 0.25) is 5.02 Å². The molecule has 2 aromatic carbocycles. The maximum absolute atomic E-state index is 13.1. The number of H-pyrrole nitrogens is 1. The number of carbonyl (C=O) groups excluding carboxylic acids is 1. The lowest BCUT2D eigenvalue weighted by atomic mass is 10.1. The second-order valence-electron chi connectivity index (χ2n) is 8.74. The number of halogens is 1. The first kappa shape index (κ1) is 25.2. The van der Waals surface area contributed by atoms with E-state index in [2.05, 4.69) is 17.0 Å². The Labute approximate surface area is 211 Å². The van der Waals surface area contributed by atoms with Gasteiger partial charge in [-0.3, -0.25) is 4.79 Å². The minimum Gasteiger partial charge on any atom is -0.345 e. The van der Waals surface area contributed by atoms with Crippen LogP contribution in [0.5, 0.6) is 0 Å². The van der Waals surface area contributed by atoms with E-state index in [-0.39, 0.29) is 24.0 Å². The molecule has 3 aromatic rings. The molecule has 0 atom stereocenters. The summed E-state index contributed by atoms with van der Waals surface area (Å²) >= 11 is 6.01. The standard InChI is InChI=1S/C25H30ClN5O3S/c1-3-4-11-29(2)27-16-19-5-7-20(8-6-19)17-30-12-13-31(18-25(30)32)35(33,34)24-15-21-14-22(26)9-10-23(21)28-24/h5-10,14-16,28H,3-4,11-13,17-18H2,1-2H3/b27-16+. The molecule has 1 N–H and O–H groups in total. The summed E-state index contributed by atoms with van der Waals surface area (Å²) in [5, 5.41) is 7.67. The van der Waals surface area contributed by atoms with E-state index in [1.807, 2.05) is 42.5 Å². The van der Waals surface area contributed by atoms with Gasteiger partial charge in [0.05, 0.1) is 12.8 Å². The normalized spacial score (nSPS) is 15.4. The average Bonchev–Trinajstić information content (AvgIpc) is 3.27. The first-order valence-corrected chi connectivity index (χ1v) is 13.5. The molecule has 0 aliphatic carbocycles. The first-order valence-electron chi connectivity index (χ1n) is 11.7. The summed E-state index contributed by atoms with van der Waals surface area (Å²) in [6.45, 7) is 3.89. The predicted octanol–water partition coefficient (Wildman–Crippen LogP) is 3.92. The van der Waals surface area contributed by atoms with E-state index in [4.69, 9.17) is 11.6 Å². The number of amides is 1. The number of fused-ring (bicyclic) bond motifs is 1.